The van der Waals surface area contributed by atoms with Crippen molar-refractivity contribution in [1.29, 1.82) is 5.26 Å². The van der Waals surface area contributed by atoms with Crippen LogP contribution in [0.5, 0.6) is 6.01 Å². The fourth-order valence-electron chi connectivity index (χ4n) is 7.62. The number of anilines is 2. The Hall–Kier alpha value is -3.04. The molecule has 3 fully saturated rings. The number of benzene rings is 1. The van der Waals surface area contributed by atoms with Crippen LogP contribution in [0, 0.1) is 11.3 Å². The van der Waals surface area contributed by atoms with E-state index in [-0.39, 0.29) is 12.1 Å². The zero-order chi connectivity index (χ0) is 28.0. The molecule has 2 N–H and O–H groups in total. The molecule has 0 saturated carbocycles. The van der Waals surface area contributed by atoms with Gasteiger partial charge in [0.1, 0.15) is 23.7 Å². The minimum atomic E-state index is -0.880. The lowest BCUT2D eigenvalue weighted by atomic mass is 9.79. The van der Waals surface area contributed by atoms with E-state index in [0.717, 1.165) is 67.0 Å². The van der Waals surface area contributed by atoms with Crippen LogP contribution in [0.25, 0.3) is 0 Å². The number of nitriles is 1. The summed E-state index contributed by atoms with van der Waals surface area (Å²) in [6, 6.07) is 6.30. The van der Waals surface area contributed by atoms with E-state index in [2.05, 4.69) is 15.9 Å². The normalized spacial score (nSPS) is 29.5. The first-order chi connectivity index (χ1) is 20.0. The maximum atomic E-state index is 14.3. The molecule has 5 aliphatic rings. The lowest BCUT2D eigenvalue weighted by Gasteiger charge is -2.43. The highest BCUT2D eigenvalue weighted by molar-refractivity contribution is 5.63. The van der Waals surface area contributed by atoms with E-state index in [9.17, 15) is 9.65 Å². The van der Waals surface area contributed by atoms with Gasteiger partial charge in [0.25, 0.3) is 0 Å². The van der Waals surface area contributed by atoms with Gasteiger partial charge < -0.3 is 29.6 Å². The lowest BCUT2D eigenvalue weighted by Crippen LogP contribution is -2.45. The molecule has 1 unspecified atom stereocenters. The molecule has 41 heavy (non-hydrogen) atoms. The SMILES string of the molecule is N#Cc1c(N)ccc2c1[C@@]1(COC2)Cc2nc(OCCC34CCCN3C[C@H](F)C4)nc(N3CCCOCC3)c2CO1. The second-order valence-corrected chi connectivity index (χ2v) is 12.0. The molecule has 11 heteroatoms. The van der Waals surface area contributed by atoms with Gasteiger partial charge in [-0.2, -0.15) is 15.2 Å². The highest BCUT2D eigenvalue weighted by atomic mass is 19.1. The number of nitrogen functional groups attached to an aromatic ring is 1. The van der Waals surface area contributed by atoms with Crippen molar-refractivity contribution in [1.82, 2.24) is 14.9 Å². The summed E-state index contributed by atoms with van der Waals surface area (Å²) in [6.45, 7) is 5.74. The lowest BCUT2D eigenvalue weighted by molar-refractivity contribution is -0.136. The zero-order valence-corrected chi connectivity index (χ0v) is 23.4. The second kappa shape index (κ2) is 10.7. The highest BCUT2D eigenvalue weighted by Crippen LogP contribution is 2.46. The molecule has 7 rings (SSSR count). The molecule has 10 nitrogen and oxygen atoms in total. The van der Waals surface area contributed by atoms with Crippen molar-refractivity contribution in [3.05, 3.63) is 40.1 Å². The Morgan fingerprint density at radius 2 is 2.07 bits per heavy atom. The first kappa shape index (κ1) is 26.8. The van der Waals surface area contributed by atoms with Gasteiger partial charge in [-0.05, 0) is 43.9 Å². The Kier molecular flexibility index (Phi) is 6.98. The van der Waals surface area contributed by atoms with Crippen LogP contribution < -0.4 is 15.4 Å². The second-order valence-electron chi connectivity index (χ2n) is 12.0. The fourth-order valence-corrected chi connectivity index (χ4v) is 7.62. The van der Waals surface area contributed by atoms with Gasteiger partial charge in [-0.25, -0.2) is 4.39 Å². The van der Waals surface area contributed by atoms with Gasteiger partial charge in [-0.1, -0.05) is 6.07 Å². The molecule has 2 aromatic rings. The molecule has 3 saturated heterocycles. The Bertz CT molecular complexity index is 1360. The van der Waals surface area contributed by atoms with Crippen molar-refractivity contribution in [2.24, 2.45) is 0 Å². The predicted octanol–water partition coefficient (Wildman–Crippen LogP) is 3.00. The first-order valence-corrected chi connectivity index (χ1v) is 14.8. The number of rotatable bonds is 5. The monoisotopic (exact) mass is 564 g/mol. The Morgan fingerprint density at radius 3 is 2.98 bits per heavy atom. The van der Waals surface area contributed by atoms with Gasteiger partial charge in [0.2, 0.25) is 0 Å². The van der Waals surface area contributed by atoms with E-state index in [1.807, 2.05) is 6.07 Å². The minimum Gasteiger partial charge on any atom is -0.463 e. The summed E-state index contributed by atoms with van der Waals surface area (Å²) < 4.78 is 38.9. The molecular formula is C30H37FN6O4. The molecule has 1 spiro atoms. The summed E-state index contributed by atoms with van der Waals surface area (Å²) in [5.74, 6) is 0.806. The summed E-state index contributed by atoms with van der Waals surface area (Å²) >= 11 is 0. The maximum Gasteiger partial charge on any atom is 0.318 e. The van der Waals surface area contributed by atoms with Crippen LogP contribution in [0.4, 0.5) is 15.9 Å². The van der Waals surface area contributed by atoms with Gasteiger partial charge in [-0.15, -0.1) is 0 Å². The molecule has 0 bridgehead atoms. The fraction of sp³-hybridized carbons (Fsp3) is 0.633. The third-order valence-electron chi connectivity index (χ3n) is 9.56. The highest BCUT2D eigenvalue weighted by Gasteiger charge is 2.49. The van der Waals surface area contributed by atoms with E-state index in [1.165, 1.54) is 0 Å². The van der Waals surface area contributed by atoms with Crippen LogP contribution in [-0.4, -0.2) is 79.2 Å². The molecule has 0 radical (unpaired) electrons. The van der Waals surface area contributed by atoms with Crippen LogP contribution in [0.2, 0.25) is 0 Å². The zero-order valence-electron chi connectivity index (χ0n) is 23.4. The van der Waals surface area contributed by atoms with Crippen molar-refractivity contribution < 1.29 is 23.3 Å². The third-order valence-corrected chi connectivity index (χ3v) is 9.56. The Balaban J connectivity index is 1.22. The number of nitrogens with zero attached hydrogens (tertiary/aromatic N) is 5. The van der Waals surface area contributed by atoms with Crippen molar-refractivity contribution in [3.8, 4) is 12.1 Å². The van der Waals surface area contributed by atoms with Crippen LogP contribution in [0.15, 0.2) is 12.1 Å². The van der Waals surface area contributed by atoms with Gasteiger partial charge >= 0.3 is 6.01 Å². The topological polar surface area (TPSA) is 119 Å². The first-order valence-electron chi connectivity index (χ1n) is 14.8. The average molecular weight is 565 g/mol. The predicted molar refractivity (Wildman–Crippen MR) is 148 cm³/mol. The summed E-state index contributed by atoms with van der Waals surface area (Å²) in [5, 5.41) is 10.0. The number of hydrogen-bond donors (Lipinski definition) is 1. The molecular weight excluding hydrogens is 527 g/mol. The maximum absolute atomic E-state index is 14.3. The Labute approximate surface area is 239 Å². The molecule has 1 aromatic heterocycles. The van der Waals surface area contributed by atoms with E-state index in [1.54, 1.807) is 6.07 Å². The quantitative estimate of drug-likeness (QED) is 0.543. The molecule has 0 aliphatic carbocycles. The molecule has 6 heterocycles. The van der Waals surface area contributed by atoms with E-state index in [0.29, 0.717) is 76.2 Å². The third kappa shape index (κ3) is 4.71. The van der Waals surface area contributed by atoms with Crippen molar-refractivity contribution in [2.75, 3.05) is 63.2 Å². The molecule has 1 aromatic carbocycles. The van der Waals surface area contributed by atoms with Gasteiger partial charge in [0.05, 0.1) is 44.3 Å². The number of nitrogens with two attached hydrogens (primary N) is 1. The van der Waals surface area contributed by atoms with Crippen LogP contribution in [0.1, 0.15) is 60.1 Å². The number of hydrogen-bond acceptors (Lipinski definition) is 10. The number of fused-ring (bicyclic) bond motifs is 4. The van der Waals surface area contributed by atoms with Gasteiger partial charge in [0, 0.05) is 61.4 Å². The minimum absolute atomic E-state index is 0.118. The number of halogens is 1. The number of aromatic nitrogens is 2. The van der Waals surface area contributed by atoms with Crippen LogP contribution >= 0.6 is 0 Å². The van der Waals surface area contributed by atoms with Crippen molar-refractivity contribution >= 4 is 11.5 Å². The average Bonchev–Trinajstić information content (AvgIpc) is 3.34. The summed E-state index contributed by atoms with van der Waals surface area (Å²) in [5.41, 5.74) is 9.57. The molecule has 0 amide bonds. The summed E-state index contributed by atoms with van der Waals surface area (Å²) in [4.78, 5) is 14.4. The number of ether oxygens (including phenoxy) is 4. The standard InChI is InChI=1S/C30H37FN6O4/c31-21-13-29(5-1-8-37(29)16-21)6-11-40-28-34-25-14-30(19-39-17-20-3-4-24(33)22(15-32)26(20)30)41-18-23(25)27(35-28)36-7-2-10-38-12-9-36/h3-4,21H,1-2,5-14,16-19,33H2/t21-,29?,30+/m1/s1. The van der Waals surface area contributed by atoms with Crippen molar-refractivity contribution in [3.63, 3.8) is 0 Å². The van der Waals surface area contributed by atoms with Crippen LogP contribution in [0.3, 0.4) is 0 Å². The summed E-state index contributed by atoms with van der Waals surface area (Å²) in [6.07, 6.45) is 3.97. The summed E-state index contributed by atoms with van der Waals surface area (Å²) in [7, 11) is 0. The van der Waals surface area contributed by atoms with E-state index in [4.69, 9.17) is 34.6 Å². The van der Waals surface area contributed by atoms with E-state index >= 15 is 0 Å². The molecule has 218 valence electrons. The van der Waals surface area contributed by atoms with Gasteiger partial charge in [-0.3, -0.25) is 4.90 Å². The number of alkyl halides is 1. The Morgan fingerprint density at radius 1 is 1.15 bits per heavy atom. The smallest absolute Gasteiger partial charge is 0.318 e. The van der Waals surface area contributed by atoms with E-state index < -0.39 is 11.8 Å². The van der Waals surface area contributed by atoms with Crippen LogP contribution in [-0.2, 0) is 39.4 Å². The van der Waals surface area contributed by atoms with Crippen molar-refractivity contribution in [2.45, 2.75) is 69.1 Å². The molecule has 3 atom stereocenters. The largest absolute Gasteiger partial charge is 0.463 e. The van der Waals surface area contributed by atoms with Gasteiger partial charge in [0.15, 0.2) is 0 Å². The molecule has 5 aliphatic heterocycles.